The minimum Gasteiger partial charge on any atom is -0.497 e. The number of thioether (sulfide) groups is 1. The molecule has 8 heteroatoms. The quantitative estimate of drug-likeness (QED) is 0.330. The van der Waals surface area contributed by atoms with E-state index in [2.05, 4.69) is 27.7 Å². The molecule has 162 valence electrons. The fourth-order valence-electron chi connectivity index (χ4n) is 3.29. The first-order valence-electron chi connectivity index (χ1n) is 10.0. The Bertz CT molecular complexity index is 784. The number of morpholine rings is 1. The van der Waals surface area contributed by atoms with E-state index in [1.807, 2.05) is 36.4 Å². The minimum atomic E-state index is 0.225. The lowest BCUT2D eigenvalue weighted by Crippen LogP contribution is -2.45. The number of halogens is 1. The van der Waals surface area contributed by atoms with Crippen molar-refractivity contribution in [1.82, 2.24) is 15.5 Å². The van der Waals surface area contributed by atoms with Gasteiger partial charge in [0, 0.05) is 41.8 Å². The molecule has 1 atom stereocenters. The van der Waals surface area contributed by atoms with Crippen molar-refractivity contribution in [1.29, 1.82) is 0 Å². The summed E-state index contributed by atoms with van der Waals surface area (Å²) >= 11 is 13.2. The van der Waals surface area contributed by atoms with E-state index in [1.165, 1.54) is 10.5 Å². The highest BCUT2D eigenvalue weighted by Crippen LogP contribution is 2.24. The van der Waals surface area contributed by atoms with Gasteiger partial charge in [0.25, 0.3) is 0 Å². The smallest absolute Gasteiger partial charge is 0.166 e. The van der Waals surface area contributed by atoms with Crippen LogP contribution in [0.5, 0.6) is 5.75 Å². The van der Waals surface area contributed by atoms with Crippen molar-refractivity contribution in [2.24, 2.45) is 0 Å². The number of thiocarbonyl (C=S) groups is 1. The molecule has 1 fully saturated rings. The molecule has 1 heterocycles. The van der Waals surface area contributed by atoms with Gasteiger partial charge in [-0.2, -0.15) is 0 Å². The van der Waals surface area contributed by atoms with E-state index in [1.54, 1.807) is 18.9 Å². The van der Waals surface area contributed by atoms with Gasteiger partial charge in [0.2, 0.25) is 0 Å². The number of ether oxygens (including phenoxy) is 2. The Morgan fingerprint density at radius 1 is 1.13 bits per heavy atom. The van der Waals surface area contributed by atoms with Crippen LogP contribution < -0.4 is 15.4 Å². The van der Waals surface area contributed by atoms with Crippen molar-refractivity contribution in [2.45, 2.75) is 10.9 Å². The summed E-state index contributed by atoms with van der Waals surface area (Å²) < 4.78 is 10.8. The molecule has 3 rings (SSSR count). The molecule has 0 bridgehead atoms. The molecule has 2 aromatic carbocycles. The van der Waals surface area contributed by atoms with Crippen molar-refractivity contribution in [3.63, 3.8) is 0 Å². The van der Waals surface area contributed by atoms with Crippen LogP contribution in [0.1, 0.15) is 11.6 Å². The van der Waals surface area contributed by atoms with Crippen LogP contribution in [0.4, 0.5) is 0 Å². The summed E-state index contributed by atoms with van der Waals surface area (Å²) in [7, 11) is 1.69. The molecular formula is C22H28ClN3O2S2. The van der Waals surface area contributed by atoms with Crippen LogP contribution in [0.25, 0.3) is 0 Å². The number of hydrogen-bond acceptors (Lipinski definition) is 5. The van der Waals surface area contributed by atoms with Crippen LogP contribution in [0.15, 0.2) is 53.4 Å². The van der Waals surface area contributed by atoms with Crippen molar-refractivity contribution < 1.29 is 9.47 Å². The molecule has 0 spiro atoms. The van der Waals surface area contributed by atoms with Crippen LogP contribution in [0.2, 0.25) is 5.02 Å². The fourth-order valence-corrected chi connectivity index (χ4v) is 4.37. The van der Waals surface area contributed by atoms with Gasteiger partial charge in [0.05, 0.1) is 26.4 Å². The third-order valence-electron chi connectivity index (χ3n) is 4.91. The summed E-state index contributed by atoms with van der Waals surface area (Å²) in [6, 6.07) is 16.4. The number of benzene rings is 2. The largest absolute Gasteiger partial charge is 0.497 e. The number of methoxy groups -OCH3 is 1. The van der Waals surface area contributed by atoms with Gasteiger partial charge >= 0.3 is 0 Å². The standard InChI is InChI=1S/C22H28ClN3O2S2/c1-27-19-6-2-17(3-7-19)21(26-11-13-28-14-12-26)16-25-22(29)24-10-15-30-20-8-4-18(23)5-9-20/h2-9,21H,10-16H2,1H3,(H2,24,25,29). The predicted molar refractivity (Wildman–Crippen MR) is 129 cm³/mol. The average Bonchev–Trinajstić information content (AvgIpc) is 2.79. The topological polar surface area (TPSA) is 45.8 Å². The molecule has 5 nitrogen and oxygen atoms in total. The average molecular weight is 466 g/mol. The normalized spacial score (nSPS) is 15.4. The van der Waals surface area contributed by atoms with Gasteiger partial charge in [-0.05, 0) is 54.2 Å². The second-order valence-corrected chi connectivity index (χ2v) is 8.89. The van der Waals surface area contributed by atoms with Crippen LogP contribution in [-0.2, 0) is 4.74 Å². The highest BCUT2D eigenvalue weighted by molar-refractivity contribution is 7.99. The molecule has 0 saturated carbocycles. The van der Waals surface area contributed by atoms with Gasteiger partial charge in [-0.1, -0.05) is 23.7 Å². The van der Waals surface area contributed by atoms with E-state index in [0.717, 1.165) is 55.9 Å². The Balaban J connectivity index is 1.47. The maximum atomic E-state index is 5.93. The van der Waals surface area contributed by atoms with Crippen LogP contribution in [-0.4, -0.2) is 62.3 Å². The Morgan fingerprint density at radius 2 is 1.83 bits per heavy atom. The summed E-state index contributed by atoms with van der Waals surface area (Å²) in [6.45, 7) is 4.88. The number of hydrogen-bond donors (Lipinski definition) is 2. The lowest BCUT2D eigenvalue weighted by molar-refractivity contribution is 0.0170. The molecule has 1 unspecified atom stereocenters. The van der Waals surface area contributed by atoms with Crippen molar-refractivity contribution in [3.05, 3.63) is 59.1 Å². The summed E-state index contributed by atoms with van der Waals surface area (Å²) in [5.41, 5.74) is 1.24. The SMILES string of the molecule is COc1ccc(C(CNC(=S)NCCSc2ccc(Cl)cc2)N2CCOCC2)cc1. The predicted octanol–water partition coefficient (Wildman–Crippen LogP) is 3.98. The monoisotopic (exact) mass is 465 g/mol. The molecule has 2 N–H and O–H groups in total. The van der Waals surface area contributed by atoms with Crippen molar-refractivity contribution in [2.75, 3.05) is 52.3 Å². The van der Waals surface area contributed by atoms with Gasteiger partial charge in [0.1, 0.15) is 5.75 Å². The second-order valence-electron chi connectivity index (χ2n) is 6.88. The molecule has 1 saturated heterocycles. The van der Waals surface area contributed by atoms with Gasteiger partial charge < -0.3 is 20.1 Å². The molecule has 2 aromatic rings. The lowest BCUT2D eigenvalue weighted by Gasteiger charge is -2.35. The number of nitrogens with zero attached hydrogens (tertiary/aromatic N) is 1. The first kappa shape index (κ1) is 23.2. The van der Waals surface area contributed by atoms with E-state index in [4.69, 9.17) is 33.3 Å². The summed E-state index contributed by atoms with van der Waals surface area (Å²) in [5.74, 6) is 1.79. The third-order valence-corrected chi connectivity index (χ3v) is 6.47. The van der Waals surface area contributed by atoms with E-state index in [-0.39, 0.29) is 6.04 Å². The summed E-state index contributed by atoms with van der Waals surface area (Å²) in [5, 5.41) is 8.13. The Kier molecular flexibility index (Phi) is 9.55. The van der Waals surface area contributed by atoms with Crippen LogP contribution in [0.3, 0.4) is 0 Å². The zero-order chi connectivity index (χ0) is 21.2. The molecule has 0 amide bonds. The first-order valence-corrected chi connectivity index (χ1v) is 11.8. The zero-order valence-corrected chi connectivity index (χ0v) is 19.5. The summed E-state index contributed by atoms with van der Waals surface area (Å²) in [6.07, 6.45) is 0. The highest BCUT2D eigenvalue weighted by atomic mass is 35.5. The zero-order valence-electron chi connectivity index (χ0n) is 17.1. The van der Waals surface area contributed by atoms with E-state index < -0.39 is 0 Å². The molecule has 0 aromatic heterocycles. The lowest BCUT2D eigenvalue weighted by atomic mass is 10.0. The fraction of sp³-hybridized carbons (Fsp3) is 0.409. The second kappa shape index (κ2) is 12.4. The third kappa shape index (κ3) is 7.32. The van der Waals surface area contributed by atoms with E-state index >= 15 is 0 Å². The molecule has 1 aliphatic rings. The maximum absolute atomic E-state index is 5.93. The number of rotatable bonds is 9. The van der Waals surface area contributed by atoms with Gasteiger partial charge in [-0.3, -0.25) is 4.90 Å². The van der Waals surface area contributed by atoms with Crippen molar-refractivity contribution >= 4 is 40.7 Å². The molecule has 1 aliphatic heterocycles. The summed E-state index contributed by atoms with van der Waals surface area (Å²) in [4.78, 5) is 3.64. The van der Waals surface area contributed by atoms with E-state index in [9.17, 15) is 0 Å². The Hall–Kier alpha value is -1.51. The maximum Gasteiger partial charge on any atom is 0.166 e. The van der Waals surface area contributed by atoms with E-state index in [0.29, 0.717) is 5.11 Å². The number of nitrogens with one attached hydrogen (secondary N) is 2. The van der Waals surface area contributed by atoms with Crippen molar-refractivity contribution in [3.8, 4) is 5.75 Å². The minimum absolute atomic E-state index is 0.225. The highest BCUT2D eigenvalue weighted by Gasteiger charge is 2.22. The molecule has 0 radical (unpaired) electrons. The van der Waals surface area contributed by atoms with Crippen LogP contribution in [0, 0.1) is 0 Å². The molecular weight excluding hydrogens is 438 g/mol. The Morgan fingerprint density at radius 3 is 2.50 bits per heavy atom. The van der Waals surface area contributed by atoms with Gasteiger partial charge in [-0.15, -0.1) is 11.8 Å². The van der Waals surface area contributed by atoms with Gasteiger partial charge in [0.15, 0.2) is 5.11 Å². The van der Waals surface area contributed by atoms with Gasteiger partial charge in [-0.25, -0.2) is 0 Å². The first-order chi connectivity index (χ1) is 14.7. The molecule has 30 heavy (non-hydrogen) atoms. The van der Waals surface area contributed by atoms with Crippen LogP contribution >= 0.6 is 35.6 Å². The Labute approximate surface area is 193 Å². The molecule has 0 aliphatic carbocycles.